The molecule has 0 unspecified atom stereocenters. The van der Waals surface area contributed by atoms with Gasteiger partial charge >= 0.3 is 0 Å². The molecule has 0 aromatic heterocycles. The highest BCUT2D eigenvalue weighted by Gasteiger charge is 2.20. The third-order valence-corrected chi connectivity index (χ3v) is 4.58. The van der Waals surface area contributed by atoms with E-state index in [9.17, 15) is 4.79 Å². The van der Waals surface area contributed by atoms with Crippen LogP contribution in [0.1, 0.15) is 15.9 Å². The fraction of sp³-hybridized carbons (Fsp3) is 0.381. The Hall–Kier alpha value is -2.73. The molecule has 2 aromatic carbocycles. The van der Waals surface area contributed by atoms with Crippen molar-refractivity contribution in [1.29, 1.82) is 0 Å². The number of likely N-dealkylation sites (N-methyl/N-ethyl adjacent to an activating group) is 1. The molecule has 0 spiro atoms. The Morgan fingerprint density at radius 3 is 2.07 bits per heavy atom. The summed E-state index contributed by atoms with van der Waals surface area (Å²) in [7, 11) is 8.79. The number of ether oxygens (including phenoxy) is 3. The number of benzene rings is 2. The topological polar surface area (TPSA) is 61.2 Å². The van der Waals surface area contributed by atoms with E-state index in [1.54, 1.807) is 12.1 Å². The van der Waals surface area contributed by atoms with Crippen LogP contribution in [0.3, 0.4) is 0 Å². The Balaban J connectivity index is 2.11. The van der Waals surface area contributed by atoms with Gasteiger partial charge in [0.25, 0.3) is 5.91 Å². The van der Waals surface area contributed by atoms with Crippen LogP contribution in [0.4, 0.5) is 0 Å². The fourth-order valence-electron chi connectivity index (χ4n) is 2.91. The van der Waals surface area contributed by atoms with Crippen LogP contribution in [0.2, 0.25) is 0 Å². The van der Waals surface area contributed by atoms with Gasteiger partial charge in [-0.15, -0.1) is 0 Å². The first-order chi connectivity index (χ1) is 13.0. The van der Waals surface area contributed by atoms with Gasteiger partial charge in [0, 0.05) is 12.0 Å². The molecule has 146 valence electrons. The van der Waals surface area contributed by atoms with Gasteiger partial charge in [0.1, 0.15) is 6.04 Å². The highest BCUT2D eigenvalue weighted by atomic mass is 16.5. The van der Waals surface area contributed by atoms with E-state index < -0.39 is 0 Å². The quantitative estimate of drug-likeness (QED) is 0.693. The molecule has 0 aliphatic rings. The minimum Gasteiger partial charge on any atom is -0.493 e. The van der Waals surface area contributed by atoms with Crippen molar-refractivity contribution >= 4 is 5.91 Å². The van der Waals surface area contributed by atoms with Crippen molar-refractivity contribution in [2.45, 2.75) is 12.5 Å². The van der Waals surface area contributed by atoms with Crippen LogP contribution in [-0.2, 0) is 6.42 Å². The minimum atomic E-state index is -0.173. The second-order valence-electron chi connectivity index (χ2n) is 6.59. The van der Waals surface area contributed by atoms with Crippen LogP contribution in [0, 0.1) is 0 Å². The highest BCUT2D eigenvalue weighted by molar-refractivity contribution is 5.95. The fourth-order valence-corrected chi connectivity index (χ4v) is 2.91. The lowest BCUT2D eigenvalue weighted by atomic mass is 10.0. The zero-order chi connectivity index (χ0) is 19.8. The number of nitrogens with one attached hydrogen (secondary N) is 2. The summed E-state index contributed by atoms with van der Waals surface area (Å²) in [6.07, 6.45) is 0.888. The lowest BCUT2D eigenvalue weighted by Gasteiger charge is -2.22. The molecular weight excluding hydrogens is 344 g/mol. The van der Waals surface area contributed by atoms with E-state index in [1.165, 1.54) is 31.8 Å². The maximum Gasteiger partial charge on any atom is 0.251 e. The molecule has 1 atom stereocenters. The average Bonchev–Trinajstić information content (AvgIpc) is 2.70. The monoisotopic (exact) mass is 373 g/mol. The maximum absolute atomic E-state index is 12.7. The Morgan fingerprint density at radius 1 is 1.00 bits per heavy atom. The van der Waals surface area contributed by atoms with Crippen LogP contribution >= 0.6 is 0 Å². The number of quaternary nitrogens is 1. The van der Waals surface area contributed by atoms with Gasteiger partial charge in [-0.25, -0.2) is 0 Å². The van der Waals surface area contributed by atoms with Crippen molar-refractivity contribution in [3.05, 3.63) is 53.6 Å². The molecule has 6 heteroatoms. The number of hydrogen-bond donors (Lipinski definition) is 2. The second-order valence-corrected chi connectivity index (χ2v) is 6.59. The van der Waals surface area contributed by atoms with Crippen LogP contribution in [0.5, 0.6) is 17.2 Å². The molecule has 0 aliphatic heterocycles. The molecule has 6 nitrogen and oxygen atoms in total. The van der Waals surface area contributed by atoms with Gasteiger partial charge in [-0.05, 0) is 17.7 Å². The van der Waals surface area contributed by atoms with Crippen LogP contribution in [0.25, 0.3) is 0 Å². The summed E-state index contributed by atoms with van der Waals surface area (Å²) in [6, 6.07) is 13.9. The number of carbonyl (C=O) groups excluding carboxylic acids is 1. The molecule has 0 aliphatic carbocycles. The van der Waals surface area contributed by atoms with Gasteiger partial charge in [-0.1, -0.05) is 30.3 Å². The first kappa shape index (κ1) is 20.6. The molecule has 1 amide bonds. The van der Waals surface area contributed by atoms with E-state index in [1.807, 2.05) is 18.2 Å². The number of hydrogen-bond acceptors (Lipinski definition) is 4. The maximum atomic E-state index is 12.7. The first-order valence-electron chi connectivity index (χ1n) is 8.92. The Morgan fingerprint density at radius 2 is 1.59 bits per heavy atom. The predicted octanol–water partition coefficient (Wildman–Crippen LogP) is 1.20. The van der Waals surface area contributed by atoms with Crippen molar-refractivity contribution in [3.8, 4) is 17.2 Å². The molecule has 2 rings (SSSR count). The lowest BCUT2D eigenvalue weighted by Crippen LogP contribution is -3.11. The molecule has 0 saturated carbocycles. The Bertz CT molecular complexity index is 722. The van der Waals surface area contributed by atoms with Crippen molar-refractivity contribution in [3.63, 3.8) is 0 Å². The summed E-state index contributed by atoms with van der Waals surface area (Å²) in [5.74, 6) is 1.21. The minimum absolute atomic E-state index is 0.173. The van der Waals surface area contributed by atoms with Crippen molar-refractivity contribution < 1.29 is 23.9 Å². The summed E-state index contributed by atoms with van der Waals surface area (Å²) in [5, 5.41) is 3.03. The zero-order valence-corrected chi connectivity index (χ0v) is 16.7. The summed E-state index contributed by atoms with van der Waals surface area (Å²) in [4.78, 5) is 14.0. The van der Waals surface area contributed by atoms with Crippen LogP contribution in [-0.4, -0.2) is 53.9 Å². The summed E-state index contributed by atoms with van der Waals surface area (Å²) in [5.41, 5.74) is 1.72. The van der Waals surface area contributed by atoms with Gasteiger partial charge in [0.05, 0.1) is 42.0 Å². The summed E-state index contributed by atoms with van der Waals surface area (Å²) >= 11 is 0. The van der Waals surface area contributed by atoms with Gasteiger partial charge in [-0.3, -0.25) is 4.79 Å². The molecule has 0 saturated heterocycles. The SMILES string of the molecule is COc1cc(C(=O)NC[C@H](Cc2ccccc2)[NH+](C)C)cc(OC)c1OC. The standard InChI is InChI=1S/C21H28N2O4/c1-23(2)17(11-15-9-7-6-8-10-15)14-22-21(24)16-12-18(25-3)20(27-5)19(13-16)26-4/h6-10,12-13,17H,11,14H2,1-5H3,(H,22,24)/p+1/t17-/m0/s1. The smallest absolute Gasteiger partial charge is 0.251 e. The lowest BCUT2D eigenvalue weighted by molar-refractivity contribution is -0.884. The number of rotatable bonds is 9. The van der Waals surface area contributed by atoms with Crippen molar-refractivity contribution in [1.82, 2.24) is 5.32 Å². The summed E-state index contributed by atoms with van der Waals surface area (Å²) < 4.78 is 16.0. The zero-order valence-electron chi connectivity index (χ0n) is 16.7. The van der Waals surface area contributed by atoms with Gasteiger partial charge in [0.2, 0.25) is 5.75 Å². The predicted molar refractivity (Wildman–Crippen MR) is 105 cm³/mol. The molecule has 0 heterocycles. The third kappa shape index (κ3) is 5.37. The third-order valence-electron chi connectivity index (χ3n) is 4.58. The molecular formula is C21H29N2O4+. The molecule has 27 heavy (non-hydrogen) atoms. The Kier molecular flexibility index (Phi) is 7.49. The second kappa shape index (κ2) is 9.83. The van der Waals surface area contributed by atoms with E-state index in [-0.39, 0.29) is 11.9 Å². The molecule has 0 fully saturated rings. The highest BCUT2D eigenvalue weighted by Crippen LogP contribution is 2.38. The Labute approximate surface area is 161 Å². The molecule has 2 N–H and O–H groups in total. The van der Waals surface area contributed by atoms with Gasteiger partial charge < -0.3 is 24.4 Å². The van der Waals surface area contributed by atoms with Crippen LogP contribution < -0.4 is 24.4 Å². The summed E-state index contributed by atoms with van der Waals surface area (Å²) in [6.45, 7) is 0.562. The van der Waals surface area contributed by atoms with E-state index in [4.69, 9.17) is 14.2 Å². The number of methoxy groups -OCH3 is 3. The van der Waals surface area contributed by atoms with E-state index in [2.05, 4.69) is 31.5 Å². The van der Waals surface area contributed by atoms with E-state index >= 15 is 0 Å². The van der Waals surface area contributed by atoms with E-state index in [0.29, 0.717) is 29.4 Å². The normalized spacial score (nSPS) is 11.8. The van der Waals surface area contributed by atoms with Crippen LogP contribution in [0.15, 0.2) is 42.5 Å². The molecule has 2 aromatic rings. The van der Waals surface area contributed by atoms with E-state index in [0.717, 1.165) is 6.42 Å². The number of carbonyl (C=O) groups is 1. The molecule has 0 bridgehead atoms. The average molecular weight is 373 g/mol. The first-order valence-corrected chi connectivity index (χ1v) is 8.92. The largest absolute Gasteiger partial charge is 0.493 e. The van der Waals surface area contributed by atoms with Crippen molar-refractivity contribution in [2.24, 2.45) is 0 Å². The van der Waals surface area contributed by atoms with Gasteiger partial charge in [-0.2, -0.15) is 0 Å². The molecule has 0 radical (unpaired) electrons. The van der Waals surface area contributed by atoms with Gasteiger partial charge in [0.15, 0.2) is 11.5 Å². The number of amides is 1. The van der Waals surface area contributed by atoms with Crippen molar-refractivity contribution in [2.75, 3.05) is 42.0 Å².